The van der Waals surface area contributed by atoms with Crippen LogP contribution in [0.4, 0.5) is 19.0 Å². The van der Waals surface area contributed by atoms with E-state index in [2.05, 4.69) is 37.6 Å². The van der Waals surface area contributed by atoms with Crippen molar-refractivity contribution in [3.8, 4) is 22.9 Å². The van der Waals surface area contributed by atoms with Gasteiger partial charge in [0.15, 0.2) is 12.4 Å². The second-order valence-electron chi connectivity index (χ2n) is 16.4. The minimum atomic E-state index is -4.59. The Balaban J connectivity index is 1.10. The molecule has 1 N–H and O–H groups in total. The van der Waals surface area contributed by atoms with Crippen LogP contribution in [0.15, 0.2) is 49.7 Å². The molecule has 1 saturated carbocycles. The van der Waals surface area contributed by atoms with Crippen LogP contribution in [0.3, 0.4) is 0 Å². The summed E-state index contributed by atoms with van der Waals surface area (Å²) in [6, 6.07) is 6.09. The summed E-state index contributed by atoms with van der Waals surface area (Å²) in [5.41, 5.74) is 4.58. The van der Waals surface area contributed by atoms with Crippen LogP contribution in [-0.2, 0) is 9.53 Å². The zero-order valence-corrected chi connectivity index (χ0v) is 32.9. The molecule has 4 fully saturated rings. The number of imidazole rings is 1. The topological polar surface area (TPSA) is 127 Å². The largest absolute Gasteiger partial charge is 0.481 e. The molecule has 16 heteroatoms. The van der Waals surface area contributed by atoms with Gasteiger partial charge in [-0.2, -0.15) is 28.2 Å². The number of alkyl halides is 3. The first-order valence-corrected chi connectivity index (χ1v) is 20.1. The van der Waals surface area contributed by atoms with Crippen molar-refractivity contribution in [2.45, 2.75) is 63.6 Å². The van der Waals surface area contributed by atoms with E-state index in [0.29, 0.717) is 60.8 Å². The van der Waals surface area contributed by atoms with Crippen molar-refractivity contribution in [1.29, 1.82) is 0 Å². The number of ether oxygens (including phenoxy) is 3. The third-order valence-electron chi connectivity index (χ3n) is 12.4. The average molecular weight is 800 g/mol. The van der Waals surface area contributed by atoms with Gasteiger partial charge in [0.25, 0.3) is 5.91 Å². The summed E-state index contributed by atoms with van der Waals surface area (Å²) in [5.74, 6) is 0.726. The molecule has 6 heterocycles. The van der Waals surface area contributed by atoms with E-state index in [-0.39, 0.29) is 35.1 Å². The second kappa shape index (κ2) is 15.2. The highest BCUT2D eigenvalue weighted by Gasteiger charge is 2.48. The van der Waals surface area contributed by atoms with Gasteiger partial charge >= 0.3 is 12.2 Å². The Labute approximate surface area is 334 Å². The van der Waals surface area contributed by atoms with Crippen LogP contribution in [0.1, 0.15) is 55.6 Å². The van der Waals surface area contributed by atoms with E-state index in [9.17, 15) is 18.0 Å². The number of amides is 1. The number of benzene rings is 2. The van der Waals surface area contributed by atoms with Crippen molar-refractivity contribution in [2.75, 3.05) is 71.0 Å². The standard InChI is InChI=1S/C42H48F3N9O4/c1-26-4-7-33-32(21-47-50-33)34(26)35-30(28-5-6-28)20-31-36(37(35)57-24-42(43,44)45)48-40(58-29-8-13-51(14-9-29)18-19-56-3)49-38(31)52-15-10-41(11-16-52)22-54(23-41)39(55)27(2)53-17-12-46-25-53/h4,7,12,17,20-21,25,28-29H,2,5-6,8-11,13-16,18-19,22-24H2,1,3H3,(H,47,50). The van der Waals surface area contributed by atoms with E-state index >= 15 is 0 Å². The number of methoxy groups -OCH3 is 1. The molecule has 0 bridgehead atoms. The highest BCUT2D eigenvalue weighted by molar-refractivity contribution is 6.13. The fourth-order valence-corrected chi connectivity index (χ4v) is 8.99. The highest BCUT2D eigenvalue weighted by Crippen LogP contribution is 2.53. The van der Waals surface area contributed by atoms with Crippen LogP contribution in [0.25, 0.3) is 38.6 Å². The first-order valence-electron chi connectivity index (χ1n) is 20.1. The number of piperidine rings is 2. The summed E-state index contributed by atoms with van der Waals surface area (Å²) in [7, 11) is 1.69. The zero-order valence-electron chi connectivity index (χ0n) is 32.9. The van der Waals surface area contributed by atoms with Crippen molar-refractivity contribution < 1.29 is 32.2 Å². The van der Waals surface area contributed by atoms with Crippen molar-refractivity contribution in [2.24, 2.45) is 5.41 Å². The number of carbonyl (C=O) groups excluding carboxylic acids is 1. The molecule has 13 nitrogen and oxygen atoms in total. The van der Waals surface area contributed by atoms with Crippen LogP contribution >= 0.6 is 0 Å². The van der Waals surface area contributed by atoms with Gasteiger partial charge in [0, 0.05) is 87.1 Å². The zero-order chi connectivity index (χ0) is 40.2. The van der Waals surface area contributed by atoms with E-state index in [1.807, 2.05) is 24.0 Å². The van der Waals surface area contributed by atoms with Gasteiger partial charge < -0.3 is 33.5 Å². The molecule has 0 atom stereocenters. The van der Waals surface area contributed by atoms with E-state index in [4.69, 9.17) is 24.2 Å². The molecule has 1 spiro atoms. The molecule has 1 aliphatic carbocycles. The van der Waals surface area contributed by atoms with Crippen LogP contribution in [-0.4, -0.2) is 124 Å². The molecule has 1 amide bonds. The van der Waals surface area contributed by atoms with Gasteiger partial charge in [-0.1, -0.05) is 12.6 Å². The molecule has 3 saturated heterocycles. The molecular formula is C42H48F3N9O4. The van der Waals surface area contributed by atoms with E-state index in [1.54, 1.807) is 36.6 Å². The number of anilines is 1. The number of hydrogen-bond acceptors (Lipinski definition) is 10. The predicted molar refractivity (Wildman–Crippen MR) is 213 cm³/mol. The maximum Gasteiger partial charge on any atom is 0.422 e. The highest BCUT2D eigenvalue weighted by atomic mass is 19.4. The third-order valence-corrected chi connectivity index (χ3v) is 12.4. The SMILES string of the molecule is C=C(C(=O)N1CC2(CCN(c3nc(OC4CCN(CCOC)CC4)nc4c(OCC(F)(F)F)c(-c5c(C)ccc6[nH]ncc56)c(C5CC5)cc34)CC2)C1)n1ccnc1. The lowest BCUT2D eigenvalue weighted by molar-refractivity contribution is -0.153. The van der Waals surface area contributed by atoms with Gasteiger partial charge in [0.2, 0.25) is 0 Å². The number of carbonyl (C=O) groups is 1. The smallest absolute Gasteiger partial charge is 0.422 e. The Bertz CT molecular complexity index is 2320. The fraction of sp³-hybridized carbons (Fsp3) is 0.500. The van der Waals surface area contributed by atoms with Gasteiger partial charge in [-0.15, -0.1) is 0 Å². The molecule has 58 heavy (non-hydrogen) atoms. The number of fused-ring (bicyclic) bond motifs is 2. The van der Waals surface area contributed by atoms with Crippen LogP contribution in [0.2, 0.25) is 0 Å². The van der Waals surface area contributed by atoms with Gasteiger partial charge in [-0.05, 0) is 80.2 Å². The summed E-state index contributed by atoms with van der Waals surface area (Å²) in [6.07, 6.45) is 6.79. The maximum atomic E-state index is 14.2. The summed E-state index contributed by atoms with van der Waals surface area (Å²) >= 11 is 0. The van der Waals surface area contributed by atoms with Crippen molar-refractivity contribution in [1.82, 2.24) is 39.5 Å². The predicted octanol–water partition coefficient (Wildman–Crippen LogP) is 6.59. The number of aromatic amines is 1. The Hall–Kier alpha value is -5.22. The number of aryl methyl sites for hydroxylation is 1. The summed E-state index contributed by atoms with van der Waals surface area (Å²) in [4.78, 5) is 33.7. The maximum absolute atomic E-state index is 14.2. The lowest BCUT2D eigenvalue weighted by atomic mass is 9.72. The summed E-state index contributed by atoms with van der Waals surface area (Å²) < 4.78 is 61.9. The summed E-state index contributed by atoms with van der Waals surface area (Å²) in [5, 5.41) is 8.76. The Kier molecular flexibility index (Phi) is 10.0. The Morgan fingerprint density at radius 2 is 1.81 bits per heavy atom. The first kappa shape index (κ1) is 38.3. The van der Waals surface area contributed by atoms with Gasteiger partial charge in [0.05, 0.1) is 24.6 Å². The average Bonchev–Trinajstić information content (AvgIpc) is 3.67. The van der Waals surface area contributed by atoms with Crippen molar-refractivity contribution in [3.63, 3.8) is 0 Å². The van der Waals surface area contributed by atoms with Crippen LogP contribution < -0.4 is 14.4 Å². The minimum absolute atomic E-state index is 0.0472. The molecule has 4 aliphatic rings. The van der Waals surface area contributed by atoms with Crippen molar-refractivity contribution in [3.05, 3.63) is 60.8 Å². The summed E-state index contributed by atoms with van der Waals surface area (Å²) in [6.45, 7) is 10.1. The minimum Gasteiger partial charge on any atom is -0.481 e. The quantitative estimate of drug-likeness (QED) is 0.138. The molecule has 3 aliphatic heterocycles. The number of halogens is 3. The number of rotatable bonds is 12. The molecule has 5 aromatic rings. The number of likely N-dealkylation sites (tertiary alicyclic amines) is 2. The molecule has 306 valence electrons. The Morgan fingerprint density at radius 3 is 2.50 bits per heavy atom. The number of hydrogen-bond donors (Lipinski definition) is 1. The molecule has 0 unspecified atom stereocenters. The lowest BCUT2D eigenvalue weighted by Crippen LogP contribution is -2.62. The number of nitrogens with one attached hydrogen (secondary N) is 1. The normalized spacial score (nSPS) is 18.9. The molecule has 2 aromatic carbocycles. The first-order chi connectivity index (χ1) is 28.0. The molecule has 9 rings (SSSR count). The lowest BCUT2D eigenvalue weighted by Gasteiger charge is -2.54. The van der Waals surface area contributed by atoms with E-state index < -0.39 is 12.8 Å². The second-order valence-corrected chi connectivity index (χ2v) is 16.4. The number of nitrogens with zero attached hydrogens (tertiary/aromatic N) is 8. The number of H-pyrrole nitrogens is 1. The van der Waals surface area contributed by atoms with Crippen molar-refractivity contribution >= 4 is 39.2 Å². The molecule has 0 radical (unpaired) electrons. The van der Waals surface area contributed by atoms with Gasteiger partial charge in [-0.25, -0.2) is 4.98 Å². The van der Waals surface area contributed by atoms with Gasteiger partial charge in [0.1, 0.15) is 23.1 Å². The van der Waals surface area contributed by atoms with Crippen LogP contribution in [0, 0.1) is 12.3 Å². The van der Waals surface area contributed by atoms with E-state index in [1.165, 1.54) is 0 Å². The van der Waals surface area contributed by atoms with E-state index in [0.717, 1.165) is 85.8 Å². The monoisotopic (exact) mass is 799 g/mol. The third kappa shape index (κ3) is 7.47. The molecular weight excluding hydrogens is 752 g/mol. The van der Waals surface area contributed by atoms with Crippen LogP contribution in [0.5, 0.6) is 11.8 Å². The Morgan fingerprint density at radius 1 is 1.03 bits per heavy atom. The van der Waals surface area contributed by atoms with Gasteiger partial charge in [-0.3, -0.25) is 9.89 Å². The fourth-order valence-electron chi connectivity index (χ4n) is 8.99. The number of aromatic nitrogens is 6. The molecule has 3 aromatic heterocycles.